The van der Waals surface area contributed by atoms with Crippen molar-refractivity contribution in [3.8, 4) is 5.75 Å². The van der Waals surface area contributed by atoms with Gasteiger partial charge in [0.1, 0.15) is 11.4 Å². The molecule has 3 rings (SSSR count). The van der Waals surface area contributed by atoms with Crippen molar-refractivity contribution >= 4 is 34.0 Å². The second-order valence-electron chi connectivity index (χ2n) is 6.71. The summed E-state index contributed by atoms with van der Waals surface area (Å²) in [5.41, 5.74) is 1.20. The number of hydrogen-bond acceptors (Lipinski definition) is 7. The molecule has 1 aliphatic rings. The Balaban J connectivity index is 1.42. The molecule has 2 heterocycles. The average molecular weight is 418 g/mol. The van der Waals surface area contributed by atoms with E-state index in [1.165, 1.54) is 11.3 Å². The Hall–Kier alpha value is -2.65. The Morgan fingerprint density at radius 2 is 1.90 bits per heavy atom. The molecule has 9 heteroatoms. The van der Waals surface area contributed by atoms with Crippen molar-refractivity contribution in [2.24, 2.45) is 0 Å². The van der Waals surface area contributed by atoms with Crippen molar-refractivity contribution in [2.45, 2.75) is 13.3 Å². The van der Waals surface area contributed by atoms with E-state index in [1.54, 1.807) is 12.5 Å². The molecule has 8 nitrogen and oxygen atoms in total. The van der Waals surface area contributed by atoms with Crippen molar-refractivity contribution < 1.29 is 14.3 Å². The maximum Gasteiger partial charge on any atom is 0.270 e. The fourth-order valence-corrected chi connectivity index (χ4v) is 3.79. The number of methoxy groups -OCH3 is 1. The van der Waals surface area contributed by atoms with E-state index in [4.69, 9.17) is 4.74 Å². The van der Waals surface area contributed by atoms with Crippen LogP contribution in [0.4, 0.5) is 10.8 Å². The number of thiazole rings is 1. The number of ether oxygens (including phenoxy) is 1. The van der Waals surface area contributed by atoms with Crippen LogP contribution in [0.25, 0.3) is 0 Å². The number of likely N-dealkylation sites (N-methyl/N-ethyl adjacent to an activating group) is 1. The summed E-state index contributed by atoms with van der Waals surface area (Å²) in [5.74, 6) is 0.588. The zero-order chi connectivity index (χ0) is 20.6. The first-order valence-electron chi connectivity index (χ1n) is 9.74. The lowest BCUT2D eigenvalue weighted by molar-refractivity contribution is -0.132. The zero-order valence-electron chi connectivity index (χ0n) is 16.8. The van der Waals surface area contributed by atoms with Gasteiger partial charge in [0, 0.05) is 50.2 Å². The smallest absolute Gasteiger partial charge is 0.270 e. The number of nitrogens with zero attached hydrogens (tertiary/aromatic N) is 3. The van der Waals surface area contributed by atoms with Crippen LogP contribution in [0.5, 0.6) is 5.75 Å². The van der Waals surface area contributed by atoms with Gasteiger partial charge in [-0.15, -0.1) is 11.3 Å². The number of carbonyl (C=O) groups is 2. The van der Waals surface area contributed by atoms with Crippen LogP contribution in [0.1, 0.15) is 23.8 Å². The molecule has 1 fully saturated rings. The van der Waals surface area contributed by atoms with E-state index in [-0.39, 0.29) is 11.8 Å². The molecule has 1 aromatic carbocycles. The highest BCUT2D eigenvalue weighted by Gasteiger charge is 2.20. The standard InChI is InChI=1S/C20H27N5O3S/c1-3-24-10-12-25(13-11-24)18(26)8-9-21-19(27)17-14-29-20(23-17)22-15-4-6-16(28-2)7-5-15/h4-7,14H,3,8-13H2,1-2H3,(H,21,27)(H,22,23). The van der Waals surface area contributed by atoms with E-state index in [2.05, 4.69) is 27.4 Å². The van der Waals surface area contributed by atoms with Gasteiger partial charge < -0.3 is 25.2 Å². The predicted molar refractivity (Wildman–Crippen MR) is 114 cm³/mol. The third-order valence-corrected chi connectivity index (χ3v) is 5.63. The van der Waals surface area contributed by atoms with E-state index >= 15 is 0 Å². The zero-order valence-corrected chi connectivity index (χ0v) is 17.6. The Morgan fingerprint density at radius 3 is 2.55 bits per heavy atom. The highest BCUT2D eigenvalue weighted by molar-refractivity contribution is 7.14. The van der Waals surface area contributed by atoms with Crippen LogP contribution in [0.15, 0.2) is 29.6 Å². The van der Waals surface area contributed by atoms with Crippen molar-refractivity contribution in [3.63, 3.8) is 0 Å². The minimum absolute atomic E-state index is 0.0844. The summed E-state index contributed by atoms with van der Waals surface area (Å²) in [5, 5.41) is 8.28. The van der Waals surface area contributed by atoms with Crippen LogP contribution < -0.4 is 15.4 Å². The number of benzene rings is 1. The summed E-state index contributed by atoms with van der Waals surface area (Å²) < 4.78 is 5.13. The van der Waals surface area contributed by atoms with Crippen molar-refractivity contribution in [1.29, 1.82) is 0 Å². The van der Waals surface area contributed by atoms with E-state index in [1.807, 2.05) is 29.2 Å². The first-order chi connectivity index (χ1) is 14.1. The van der Waals surface area contributed by atoms with E-state index < -0.39 is 0 Å². The van der Waals surface area contributed by atoms with Crippen LogP contribution in [-0.4, -0.2) is 73.0 Å². The van der Waals surface area contributed by atoms with Gasteiger partial charge in [-0.25, -0.2) is 4.98 Å². The second kappa shape index (κ2) is 10.2. The Labute approximate surface area is 174 Å². The SMILES string of the molecule is CCN1CCN(C(=O)CCNC(=O)c2csc(Nc3ccc(OC)cc3)n2)CC1. The normalized spacial score (nSPS) is 14.5. The van der Waals surface area contributed by atoms with Crippen molar-refractivity contribution in [2.75, 3.05) is 51.7 Å². The summed E-state index contributed by atoms with van der Waals surface area (Å²) in [6, 6.07) is 7.46. The third kappa shape index (κ3) is 5.91. The molecule has 0 aliphatic carbocycles. The number of nitrogens with one attached hydrogen (secondary N) is 2. The van der Waals surface area contributed by atoms with Gasteiger partial charge in [0.15, 0.2) is 5.13 Å². The monoisotopic (exact) mass is 417 g/mol. The number of piperazine rings is 1. The van der Waals surface area contributed by atoms with E-state index in [0.29, 0.717) is 23.8 Å². The van der Waals surface area contributed by atoms with Crippen LogP contribution in [-0.2, 0) is 4.79 Å². The van der Waals surface area contributed by atoms with Crippen molar-refractivity contribution in [1.82, 2.24) is 20.1 Å². The van der Waals surface area contributed by atoms with E-state index in [9.17, 15) is 9.59 Å². The van der Waals surface area contributed by atoms with Crippen LogP contribution in [0, 0.1) is 0 Å². The van der Waals surface area contributed by atoms with Gasteiger partial charge in [-0.1, -0.05) is 6.92 Å². The van der Waals surface area contributed by atoms with Crippen LogP contribution in [0.2, 0.25) is 0 Å². The van der Waals surface area contributed by atoms with Crippen LogP contribution >= 0.6 is 11.3 Å². The van der Waals surface area contributed by atoms with Gasteiger partial charge in [0.25, 0.3) is 5.91 Å². The number of rotatable bonds is 8. The highest BCUT2D eigenvalue weighted by atomic mass is 32.1. The molecule has 156 valence electrons. The first-order valence-corrected chi connectivity index (χ1v) is 10.6. The predicted octanol–water partition coefficient (Wildman–Crippen LogP) is 2.18. The number of hydrogen-bond donors (Lipinski definition) is 2. The molecule has 0 bridgehead atoms. The highest BCUT2D eigenvalue weighted by Crippen LogP contribution is 2.22. The summed E-state index contributed by atoms with van der Waals surface area (Å²) in [6.45, 7) is 6.80. The average Bonchev–Trinajstić information content (AvgIpc) is 3.23. The molecule has 2 aromatic rings. The van der Waals surface area contributed by atoms with Gasteiger partial charge in [-0.2, -0.15) is 0 Å². The number of amides is 2. The molecular weight excluding hydrogens is 390 g/mol. The largest absolute Gasteiger partial charge is 0.497 e. The molecule has 29 heavy (non-hydrogen) atoms. The summed E-state index contributed by atoms with van der Waals surface area (Å²) in [4.78, 5) is 33.1. The van der Waals surface area contributed by atoms with Gasteiger partial charge in [0.05, 0.1) is 7.11 Å². The Morgan fingerprint density at radius 1 is 1.17 bits per heavy atom. The molecule has 0 radical (unpaired) electrons. The molecule has 0 atom stereocenters. The topological polar surface area (TPSA) is 86.8 Å². The molecule has 1 aromatic heterocycles. The molecule has 0 unspecified atom stereocenters. The fraction of sp³-hybridized carbons (Fsp3) is 0.450. The maximum absolute atomic E-state index is 12.3. The summed E-state index contributed by atoms with van der Waals surface area (Å²) >= 11 is 1.35. The lowest BCUT2D eigenvalue weighted by Gasteiger charge is -2.34. The van der Waals surface area contributed by atoms with Crippen molar-refractivity contribution in [3.05, 3.63) is 35.3 Å². The molecule has 0 spiro atoms. The minimum Gasteiger partial charge on any atom is -0.497 e. The summed E-state index contributed by atoms with van der Waals surface area (Å²) in [7, 11) is 1.62. The van der Waals surface area contributed by atoms with Crippen LogP contribution in [0.3, 0.4) is 0 Å². The maximum atomic E-state index is 12.3. The molecule has 0 saturated carbocycles. The van der Waals surface area contributed by atoms with Gasteiger partial charge in [0.2, 0.25) is 5.91 Å². The lowest BCUT2D eigenvalue weighted by Crippen LogP contribution is -2.49. The van der Waals surface area contributed by atoms with Gasteiger partial charge >= 0.3 is 0 Å². The molecule has 1 saturated heterocycles. The number of anilines is 2. The second-order valence-corrected chi connectivity index (χ2v) is 7.57. The minimum atomic E-state index is -0.271. The molecule has 2 amide bonds. The molecule has 1 aliphatic heterocycles. The molecular formula is C20H27N5O3S. The first kappa shape index (κ1) is 21.1. The number of aromatic nitrogens is 1. The van der Waals surface area contributed by atoms with E-state index in [0.717, 1.165) is 44.2 Å². The third-order valence-electron chi connectivity index (χ3n) is 4.87. The van der Waals surface area contributed by atoms with Gasteiger partial charge in [-0.3, -0.25) is 9.59 Å². The quantitative estimate of drug-likeness (QED) is 0.685. The summed E-state index contributed by atoms with van der Waals surface area (Å²) in [6.07, 6.45) is 0.305. The lowest BCUT2D eigenvalue weighted by atomic mass is 10.2. The fourth-order valence-electron chi connectivity index (χ4n) is 3.08. The Bertz CT molecular complexity index is 816. The Kier molecular flexibility index (Phi) is 7.42. The van der Waals surface area contributed by atoms with Gasteiger partial charge in [-0.05, 0) is 30.8 Å². The number of carbonyl (C=O) groups excluding carboxylic acids is 2. The molecule has 2 N–H and O–H groups in total.